The zero-order valence-electron chi connectivity index (χ0n) is 11.1. The Kier molecular flexibility index (Phi) is 4.23. The first-order valence-corrected chi connectivity index (χ1v) is 6.66. The Hall–Kier alpha value is -1.52. The molecule has 1 fully saturated rings. The highest BCUT2D eigenvalue weighted by molar-refractivity contribution is 5.69. The van der Waals surface area contributed by atoms with E-state index in [0.29, 0.717) is 11.9 Å². The summed E-state index contributed by atoms with van der Waals surface area (Å²) in [5.74, 6) is 0.552. The molecule has 0 radical (unpaired) electrons. The molecular weight excluding hydrogens is 230 g/mol. The van der Waals surface area contributed by atoms with Crippen LogP contribution in [0.25, 0.3) is 0 Å². The number of carbonyl (C=O) groups is 1. The summed E-state index contributed by atoms with van der Waals surface area (Å²) >= 11 is 0. The number of likely N-dealkylation sites (tertiary alicyclic amines) is 1. The van der Waals surface area contributed by atoms with Crippen molar-refractivity contribution in [2.75, 3.05) is 13.1 Å². The minimum Gasteiger partial charge on any atom is -0.375 e. The van der Waals surface area contributed by atoms with Crippen LogP contribution in [0.4, 0.5) is 4.79 Å². The molecule has 2 heterocycles. The molecule has 0 spiro atoms. The van der Waals surface area contributed by atoms with Gasteiger partial charge in [-0.3, -0.25) is 0 Å². The number of hydrogen-bond acceptors (Lipinski definition) is 3. The van der Waals surface area contributed by atoms with E-state index >= 15 is 0 Å². The number of nitrogens with zero attached hydrogens (tertiary/aromatic N) is 2. The number of imidazole rings is 1. The number of amides is 1. The number of ether oxygens (including phenoxy) is 1. The Morgan fingerprint density at radius 1 is 1.44 bits per heavy atom. The van der Waals surface area contributed by atoms with Crippen LogP contribution in [0.5, 0.6) is 6.01 Å². The predicted octanol–water partition coefficient (Wildman–Crippen LogP) is 2.59. The fourth-order valence-corrected chi connectivity index (χ4v) is 2.16. The lowest BCUT2D eigenvalue weighted by atomic mass is 10.1. The van der Waals surface area contributed by atoms with Crippen molar-refractivity contribution >= 4 is 6.09 Å². The molecule has 0 unspecified atom stereocenters. The van der Waals surface area contributed by atoms with Gasteiger partial charge in [0.05, 0.1) is 6.20 Å². The molecule has 0 aromatic carbocycles. The van der Waals surface area contributed by atoms with Crippen LogP contribution in [0, 0.1) is 5.92 Å². The standard InChI is InChI=1S/C13H21N3O2/c1-10(2)8-11-9-14-12(15-11)18-13(17)16-6-4-3-5-7-16/h9-10H,3-8H2,1-2H3,(H,14,15). The van der Waals surface area contributed by atoms with Crippen molar-refractivity contribution in [2.45, 2.75) is 39.5 Å². The van der Waals surface area contributed by atoms with Gasteiger partial charge in [0.2, 0.25) is 0 Å². The van der Waals surface area contributed by atoms with Gasteiger partial charge in [-0.2, -0.15) is 0 Å². The number of carbonyl (C=O) groups excluding carboxylic acids is 1. The summed E-state index contributed by atoms with van der Waals surface area (Å²) in [7, 11) is 0. The number of hydrogen-bond donors (Lipinski definition) is 1. The van der Waals surface area contributed by atoms with Gasteiger partial charge in [0.1, 0.15) is 0 Å². The minimum atomic E-state index is -0.292. The molecule has 5 heteroatoms. The molecule has 0 aliphatic carbocycles. The van der Waals surface area contributed by atoms with Crippen molar-refractivity contribution < 1.29 is 9.53 Å². The number of aromatic amines is 1. The van der Waals surface area contributed by atoms with E-state index in [4.69, 9.17) is 4.74 Å². The van der Waals surface area contributed by atoms with Crippen molar-refractivity contribution in [2.24, 2.45) is 5.92 Å². The highest BCUT2D eigenvalue weighted by Gasteiger charge is 2.19. The largest absolute Gasteiger partial charge is 0.417 e. The maximum Gasteiger partial charge on any atom is 0.417 e. The van der Waals surface area contributed by atoms with Crippen molar-refractivity contribution in [3.63, 3.8) is 0 Å². The SMILES string of the molecule is CC(C)Cc1cnc(OC(=O)N2CCCCC2)[nH]1. The Balaban J connectivity index is 1.88. The summed E-state index contributed by atoms with van der Waals surface area (Å²) in [4.78, 5) is 20.7. The van der Waals surface area contributed by atoms with Crippen LogP contribution in [-0.2, 0) is 6.42 Å². The van der Waals surface area contributed by atoms with Crippen molar-refractivity contribution in [1.29, 1.82) is 0 Å². The number of H-pyrrole nitrogens is 1. The summed E-state index contributed by atoms with van der Waals surface area (Å²) in [5.41, 5.74) is 1.01. The Morgan fingerprint density at radius 2 is 2.17 bits per heavy atom. The second-order valence-corrected chi connectivity index (χ2v) is 5.23. The predicted molar refractivity (Wildman–Crippen MR) is 68.6 cm³/mol. The van der Waals surface area contributed by atoms with Crippen LogP contribution >= 0.6 is 0 Å². The molecule has 1 N–H and O–H groups in total. The maximum atomic E-state index is 11.8. The van der Waals surface area contributed by atoms with E-state index in [1.54, 1.807) is 11.1 Å². The number of piperidine rings is 1. The Labute approximate surface area is 108 Å². The molecule has 18 heavy (non-hydrogen) atoms. The summed E-state index contributed by atoms with van der Waals surface area (Å²) in [6, 6.07) is 0.307. The smallest absolute Gasteiger partial charge is 0.375 e. The van der Waals surface area contributed by atoms with E-state index in [1.165, 1.54) is 6.42 Å². The average molecular weight is 251 g/mol. The van der Waals surface area contributed by atoms with Gasteiger partial charge >= 0.3 is 12.1 Å². The topological polar surface area (TPSA) is 58.2 Å². The lowest BCUT2D eigenvalue weighted by Crippen LogP contribution is -2.37. The first-order valence-electron chi connectivity index (χ1n) is 6.66. The van der Waals surface area contributed by atoms with E-state index in [-0.39, 0.29) is 6.09 Å². The van der Waals surface area contributed by atoms with Crippen LogP contribution in [0.15, 0.2) is 6.20 Å². The molecule has 1 aliphatic heterocycles. The van der Waals surface area contributed by atoms with Crippen LogP contribution < -0.4 is 4.74 Å². The highest BCUT2D eigenvalue weighted by Crippen LogP contribution is 2.13. The fourth-order valence-electron chi connectivity index (χ4n) is 2.16. The van der Waals surface area contributed by atoms with E-state index in [2.05, 4.69) is 23.8 Å². The zero-order chi connectivity index (χ0) is 13.0. The quantitative estimate of drug-likeness (QED) is 0.898. The van der Waals surface area contributed by atoms with Gasteiger partial charge in [-0.25, -0.2) is 9.78 Å². The Bertz CT molecular complexity index is 395. The van der Waals surface area contributed by atoms with E-state index in [0.717, 1.165) is 38.0 Å². The second kappa shape index (κ2) is 5.89. The summed E-state index contributed by atoms with van der Waals surface area (Å²) in [5, 5.41) is 0. The molecular formula is C13H21N3O2. The summed E-state index contributed by atoms with van der Waals surface area (Å²) in [6.45, 7) is 5.86. The molecule has 100 valence electrons. The maximum absolute atomic E-state index is 11.8. The molecule has 1 saturated heterocycles. The zero-order valence-corrected chi connectivity index (χ0v) is 11.1. The molecule has 0 saturated carbocycles. The summed E-state index contributed by atoms with van der Waals surface area (Å²) in [6.07, 6.45) is 5.67. The van der Waals surface area contributed by atoms with Crippen LogP contribution in [0.2, 0.25) is 0 Å². The van der Waals surface area contributed by atoms with E-state index in [1.807, 2.05) is 0 Å². The van der Waals surface area contributed by atoms with Gasteiger partial charge in [0.25, 0.3) is 0 Å². The normalized spacial score (nSPS) is 16.1. The molecule has 1 aromatic heterocycles. The molecule has 1 aliphatic rings. The lowest BCUT2D eigenvalue weighted by Gasteiger charge is -2.24. The summed E-state index contributed by atoms with van der Waals surface area (Å²) < 4.78 is 5.24. The van der Waals surface area contributed by atoms with Gasteiger partial charge in [-0.05, 0) is 31.6 Å². The third kappa shape index (κ3) is 3.48. The molecule has 5 nitrogen and oxygen atoms in total. The highest BCUT2D eigenvalue weighted by atomic mass is 16.6. The number of rotatable bonds is 3. The van der Waals surface area contributed by atoms with E-state index in [9.17, 15) is 4.79 Å². The first-order chi connectivity index (χ1) is 8.65. The van der Waals surface area contributed by atoms with Crippen molar-refractivity contribution in [3.05, 3.63) is 11.9 Å². The monoisotopic (exact) mass is 251 g/mol. The fraction of sp³-hybridized carbons (Fsp3) is 0.692. The van der Waals surface area contributed by atoms with Gasteiger partial charge in [0.15, 0.2) is 0 Å². The third-order valence-electron chi connectivity index (χ3n) is 3.03. The molecule has 0 bridgehead atoms. The van der Waals surface area contributed by atoms with Crippen LogP contribution in [0.3, 0.4) is 0 Å². The second-order valence-electron chi connectivity index (χ2n) is 5.23. The number of nitrogens with one attached hydrogen (secondary N) is 1. The average Bonchev–Trinajstić information content (AvgIpc) is 2.76. The molecule has 1 amide bonds. The first kappa shape index (κ1) is 12.9. The third-order valence-corrected chi connectivity index (χ3v) is 3.03. The van der Waals surface area contributed by atoms with Gasteiger partial charge in [-0.15, -0.1) is 0 Å². The van der Waals surface area contributed by atoms with Crippen molar-refractivity contribution in [3.8, 4) is 6.01 Å². The van der Waals surface area contributed by atoms with Gasteiger partial charge < -0.3 is 14.6 Å². The molecule has 2 rings (SSSR count). The lowest BCUT2D eigenvalue weighted by molar-refractivity contribution is 0.139. The van der Waals surface area contributed by atoms with Crippen LogP contribution in [0.1, 0.15) is 38.8 Å². The van der Waals surface area contributed by atoms with Gasteiger partial charge in [-0.1, -0.05) is 13.8 Å². The van der Waals surface area contributed by atoms with Crippen molar-refractivity contribution in [1.82, 2.24) is 14.9 Å². The molecule has 1 aromatic rings. The minimum absolute atomic E-state index is 0.292. The van der Waals surface area contributed by atoms with Crippen LogP contribution in [-0.4, -0.2) is 34.1 Å². The number of aromatic nitrogens is 2. The Morgan fingerprint density at radius 3 is 2.83 bits per heavy atom. The molecule has 0 atom stereocenters. The van der Waals surface area contributed by atoms with E-state index < -0.39 is 0 Å². The van der Waals surface area contributed by atoms with Gasteiger partial charge in [0, 0.05) is 18.8 Å².